The first kappa shape index (κ1) is 19.7. The van der Waals surface area contributed by atoms with E-state index < -0.39 is 0 Å². The van der Waals surface area contributed by atoms with Crippen LogP contribution in [0.25, 0.3) is 0 Å². The van der Waals surface area contributed by atoms with Crippen molar-refractivity contribution in [2.24, 2.45) is 5.92 Å². The monoisotopic (exact) mass is 383 g/mol. The predicted molar refractivity (Wildman–Crippen MR) is 105 cm³/mol. The van der Waals surface area contributed by atoms with Crippen molar-refractivity contribution in [3.63, 3.8) is 0 Å². The topological polar surface area (TPSA) is 73.9 Å². The number of carbonyl (C=O) groups is 2. The zero-order chi connectivity index (χ0) is 19.9. The zero-order valence-electron chi connectivity index (χ0n) is 16.1. The van der Waals surface area contributed by atoms with Gasteiger partial charge in [-0.1, -0.05) is 32.0 Å². The first-order valence-electron chi connectivity index (χ1n) is 9.44. The van der Waals surface area contributed by atoms with Gasteiger partial charge in [0.15, 0.2) is 24.4 Å². The highest BCUT2D eigenvalue weighted by atomic mass is 16.5. The molecule has 0 saturated carbocycles. The van der Waals surface area contributed by atoms with Crippen LogP contribution < -0.4 is 19.5 Å². The smallest absolute Gasteiger partial charge is 0.258 e. The van der Waals surface area contributed by atoms with Crippen LogP contribution in [0.2, 0.25) is 0 Å². The number of hydrogen-bond donors (Lipinski definition) is 1. The van der Waals surface area contributed by atoms with E-state index >= 15 is 0 Å². The molecule has 3 rings (SSSR count). The average Bonchev–Trinajstić information content (AvgIpc) is 2.95. The zero-order valence-corrected chi connectivity index (χ0v) is 16.1. The van der Waals surface area contributed by atoms with Crippen LogP contribution in [0.4, 0.5) is 0 Å². The summed E-state index contributed by atoms with van der Waals surface area (Å²) in [6.45, 7) is 5.15. The van der Waals surface area contributed by atoms with Gasteiger partial charge < -0.3 is 19.5 Å². The van der Waals surface area contributed by atoms with Gasteiger partial charge in [-0.05, 0) is 35.7 Å². The maximum atomic E-state index is 12.5. The Morgan fingerprint density at radius 3 is 2.64 bits per heavy atom. The van der Waals surface area contributed by atoms with Crippen LogP contribution in [0.15, 0.2) is 42.5 Å². The summed E-state index contributed by atoms with van der Waals surface area (Å²) < 4.78 is 17.0. The average molecular weight is 383 g/mol. The third-order valence-corrected chi connectivity index (χ3v) is 4.52. The van der Waals surface area contributed by atoms with Crippen LogP contribution in [0.1, 0.15) is 42.2 Å². The number of nitrogens with one attached hydrogen (secondary N) is 1. The van der Waals surface area contributed by atoms with Gasteiger partial charge in [-0.3, -0.25) is 9.59 Å². The number of benzene rings is 2. The van der Waals surface area contributed by atoms with E-state index in [0.29, 0.717) is 36.6 Å². The third-order valence-electron chi connectivity index (χ3n) is 4.52. The molecule has 0 bridgehead atoms. The van der Waals surface area contributed by atoms with Crippen LogP contribution >= 0.6 is 0 Å². The van der Waals surface area contributed by atoms with E-state index in [-0.39, 0.29) is 24.5 Å². The van der Waals surface area contributed by atoms with Gasteiger partial charge in [0.2, 0.25) is 0 Å². The summed E-state index contributed by atoms with van der Waals surface area (Å²) in [5.41, 5.74) is 1.36. The summed E-state index contributed by atoms with van der Waals surface area (Å²) in [6, 6.07) is 12.4. The van der Waals surface area contributed by atoms with Crippen molar-refractivity contribution in [1.29, 1.82) is 0 Å². The normalized spacial score (nSPS) is 14.1. The molecule has 1 amide bonds. The van der Waals surface area contributed by atoms with Crippen LogP contribution in [0, 0.1) is 5.92 Å². The van der Waals surface area contributed by atoms with Crippen LogP contribution in [-0.2, 0) is 4.79 Å². The maximum absolute atomic E-state index is 12.5. The van der Waals surface area contributed by atoms with Gasteiger partial charge in [-0.25, -0.2) is 0 Å². The Hall–Kier alpha value is -3.02. The molecule has 2 aromatic carbocycles. The molecule has 0 radical (unpaired) electrons. The van der Waals surface area contributed by atoms with E-state index in [4.69, 9.17) is 14.2 Å². The largest absolute Gasteiger partial charge is 0.490 e. The molecule has 0 saturated heterocycles. The van der Waals surface area contributed by atoms with E-state index in [1.807, 2.05) is 32.0 Å². The summed E-state index contributed by atoms with van der Waals surface area (Å²) >= 11 is 0. The lowest BCUT2D eigenvalue weighted by Crippen LogP contribution is -2.35. The fourth-order valence-corrected chi connectivity index (χ4v) is 3.08. The Morgan fingerprint density at radius 2 is 1.89 bits per heavy atom. The number of aldehydes is 1. The number of fused-ring (bicyclic) bond motifs is 1. The minimum Gasteiger partial charge on any atom is -0.490 e. The fourth-order valence-electron chi connectivity index (χ4n) is 3.08. The summed E-state index contributed by atoms with van der Waals surface area (Å²) in [4.78, 5) is 23.5. The Morgan fingerprint density at radius 1 is 1.14 bits per heavy atom. The summed E-state index contributed by atoms with van der Waals surface area (Å²) in [6.07, 6.45) is 1.55. The van der Waals surface area contributed by atoms with Gasteiger partial charge in [0.1, 0.15) is 5.75 Å². The van der Waals surface area contributed by atoms with Gasteiger partial charge in [0.25, 0.3) is 5.91 Å². The molecule has 1 heterocycles. The van der Waals surface area contributed by atoms with E-state index in [2.05, 4.69) is 5.32 Å². The molecule has 148 valence electrons. The summed E-state index contributed by atoms with van der Waals surface area (Å²) in [7, 11) is 0. The highest BCUT2D eigenvalue weighted by Crippen LogP contribution is 2.34. The van der Waals surface area contributed by atoms with Gasteiger partial charge >= 0.3 is 0 Å². The molecule has 6 heteroatoms. The Kier molecular flexibility index (Phi) is 6.53. The van der Waals surface area contributed by atoms with Crippen molar-refractivity contribution in [3.8, 4) is 17.2 Å². The minimum absolute atomic E-state index is 0.163. The second kappa shape index (κ2) is 9.26. The molecule has 0 aliphatic carbocycles. The number of hydrogen-bond acceptors (Lipinski definition) is 5. The van der Waals surface area contributed by atoms with Gasteiger partial charge in [-0.2, -0.15) is 0 Å². The van der Waals surface area contributed by atoms with Crippen LogP contribution in [0.5, 0.6) is 17.2 Å². The Balaban J connectivity index is 1.68. The molecule has 1 N–H and O–H groups in total. The molecule has 1 atom stereocenters. The minimum atomic E-state index is -0.258. The molecule has 0 spiro atoms. The van der Waals surface area contributed by atoms with E-state index in [1.54, 1.807) is 24.3 Å². The van der Waals surface area contributed by atoms with Crippen molar-refractivity contribution in [1.82, 2.24) is 5.32 Å². The quantitative estimate of drug-likeness (QED) is 0.740. The van der Waals surface area contributed by atoms with E-state index in [9.17, 15) is 9.59 Å². The number of para-hydroxylation sites is 1. The van der Waals surface area contributed by atoms with Crippen molar-refractivity contribution < 1.29 is 23.8 Å². The predicted octanol–water partition coefficient (Wildman–Crippen LogP) is 3.55. The lowest BCUT2D eigenvalue weighted by Gasteiger charge is -2.24. The van der Waals surface area contributed by atoms with E-state index in [1.165, 1.54) is 0 Å². The van der Waals surface area contributed by atoms with Crippen LogP contribution in [0.3, 0.4) is 0 Å². The fraction of sp³-hybridized carbons (Fsp3) is 0.364. The molecule has 2 aromatic rings. The second-order valence-corrected chi connectivity index (χ2v) is 6.99. The maximum Gasteiger partial charge on any atom is 0.258 e. The molecule has 0 unspecified atom stereocenters. The Labute approximate surface area is 164 Å². The molecule has 0 aromatic heterocycles. The molecular weight excluding hydrogens is 358 g/mol. The number of ether oxygens (including phenoxy) is 3. The summed E-state index contributed by atoms with van der Waals surface area (Å²) in [5, 5.41) is 3.01. The number of amides is 1. The van der Waals surface area contributed by atoms with Crippen molar-refractivity contribution >= 4 is 12.2 Å². The molecule has 6 nitrogen and oxygen atoms in total. The van der Waals surface area contributed by atoms with Crippen molar-refractivity contribution in [2.75, 3.05) is 19.8 Å². The molecule has 1 aliphatic heterocycles. The van der Waals surface area contributed by atoms with Crippen molar-refractivity contribution in [2.45, 2.75) is 26.3 Å². The highest BCUT2D eigenvalue weighted by molar-refractivity contribution is 5.81. The van der Waals surface area contributed by atoms with Gasteiger partial charge in [0, 0.05) is 6.42 Å². The van der Waals surface area contributed by atoms with Gasteiger partial charge in [0.05, 0.1) is 24.8 Å². The molecular formula is C22H25NO5. The molecule has 1 aliphatic rings. The first-order valence-corrected chi connectivity index (χ1v) is 9.44. The Bertz CT molecular complexity index is 833. The van der Waals surface area contributed by atoms with Crippen molar-refractivity contribution in [3.05, 3.63) is 53.6 Å². The number of rotatable bonds is 7. The third kappa shape index (κ3) is 4.82. The molecule has 28 heavy (non-hydrogen) atoms. The summed E-state index contributed by atoms with van der Waals surface area (Å²) in [5.74, 6) is 1.72. The van der Waals surface area contributed by atoms with Crippen LogP contribution in [-0.4, -0.2) is 32.0 Å². The SMILES string of the molecule is CC(C)[C@@H](NC(=O)COc1ccccc1C=O)c1ccc2c(c1)OCCCO2. The lowest BCUT2D eigenvalue weighted by atomic mass is 9.95. The second-order valence-electron chi connectivity index (χ2n) is 6.99. The standard InChI is InChI=1S/C22H25NO5/c1-15(2)22(16-8-9-19-20(12-16)27-11-5-10-26-19)23-21(25)14-28-18-7-4-3-6-17(18)13-24/h3-4,6-9,12-13,15,22H,5,10-11,14H2,1-2H3,(H,23,25)/t22-/m1/s1. The lowest BCUT2D eigenvalue weighted by molar-refractivity contribution is -0.124. The number of carbonyl (C=O) groups excluding carboxylic acids is 2. The van der Waals surface area contributed by atoms with E-state index in [0.717, 1.165) is 17.7 Å². The highest BCUT2D eigenvalue weighted by Gasteiger charge is 2.21. The van der Waals surface area contributed by atoms with Gasteiger partial charge in [-0.15, -0.1) is 0 Å². The first-order chi connectivity index (χ1) is 13.6. The molecule has 0 fully saturated rings.